The SMILES string of the molecule is CN(CCNc1ccc(C(=O)O)cc1Br)C1CCCC1. The standard InChI is InChI=1S/C15H21BrN2O2/c1-18(12-4-2-3-5-12)9-8-17-14-7-6-11(15(19)20)10-13(14)16/h6-7,10,12,17H,2-5,8-9H2,1H3,(H,19,20). The van der Waals surface area contributed by atoms with Crippen molar-refractivity contribution in [1.82, 2.24) is 4.90 Å². The maximum absolute atomic E-state index is 10.9. The van der Waals surface area contributed by atoms with Crippen LogP contribution in [0.25, 0.3) is 0 Å². The third-order valence-electron chi connectivity index (χ3n) is 3.94. The number of anilines is 1. The first-order chi connectivity index (χ1) is 9.58. The highest BCUT2D eigenvalue weighted by molar-refractivity contribution is 9.10. The number of rotatable bonds is 6. The lowest BCUT2D eigenvalue weighted by Gasteiger charge is -2.24. The highest BCUT2D eigenvalue weighted by Gasteiger charge is 2.18. The smallest absolute Gasteiger partial charge is 0.335 e. The number of aromatic carboxylic acids is 1. The van der Waals surface area contributed by atoms with Crippen molar-refractivity contribution < 1.29 is 9.90 Å². The van der Waals surface area contributed by atoms with E-state index in [0.29, 0.717) is 5.56 Å². The Balaban J connectivity index is 1.83. The van der Waals surface area contributed by atoms with Crippen LogP contribution >= 0.6 is 15.9 Å². The Morgan fingerprint density at radius 3 is 2.75 bits per heavy atom. The highest BCUT2D eigenvalue weighted by atomic mass is 79.9. The van der Waals surface area contributed by atoms with Crippen molar-refractivity contribution in [3.8, 4) is 0 Å². The first-order valence-electron chi connectivity index (χ1n) is 7.05. The van der Waals surface area contributed by atoms with Crippen molar-refractivity contribution in [2.45, 2.75) is 31.7 Å². The number of carboxylic acid groups (broad SMARTS) is 1. The van der Waals surface area contributed by atoms with Gasteiger partial charge in [-0.05, 0) is 54.0 Å². The maximum atomic E-state index is 10.9. The quantitative estimate of drug-likeness (QED) is 0.832. The molecule has 0 saturated heterocycles. The van der Waals surface area contributed by atoms with E-state index in [1.54, 1.807) is 12.1 Å². The van der Waals surface area contributed by atoms with Gasteiger partial charge < -0.3 is 15.3 Å². The summed E-state index contributed by atoms with van der Waals surface area (Å²) in [5.74, 6) is -0.904. The van der Waals surface area contributed by atoms with Gasteiger partial charge >= 0.3 is 5.97 Å². The number of halogens is 1. The summed E-state index contributed by atoms with van der Waals surface area (Å²) in [6, 6.07) is 5.79. The Morgan fingerprint density at radius 1 is 1.45 bits per heavy atom. The van der Waals surface area contributed by atoms with Crippen LogP contribution in [-0.2, 0) is 0 Å². The number of hydrogen-bond donors (Lipinski definition) is 2. The first kappa shape index (κ1) is 15.3. The van der Waals surface area contributed by atoms with Crippen LogP contribution in [0.5, 0.6) is 0 Å². The minimum Gasteiger partial charge on any atom is -0.478 e. The molecule has 1 saturated carbocycles. The molecule has 20 heavy (non-hydrogen) atoms. The lowest BCUT2D eigenvalue weighted by molar-refractivity contribution is 0.0697. The summed E-state index contributed by atoms with van der Waals surface area (Å²) in [5, 5.41) is 12.3. The van der Waals surface area contributed by atoms with Crippen LogP contribution in [0, 0.1) is 0 Å². The van der Waals surface area contributed by atoms with Crippen LogP contribution in [0.3, 0.4) is 0 Å². The monoisotopic (exact) mass is 340 g/mol. The topological polar surface area (TPSA) is 52.6 Å². The summed E-state index contributed by atoms with van der Waals surface area (Å²) in [4.78, 5) is 13.3. The van der Waals surface area contributed by atoms with E-state index >= 15 is 0 Å². The lowest BCUT2D eigenvalue weighted by atomic mass is 10.2. The van der Waals surface area contributed by atoms with Gasteiger partial charge in [-0.25, -0.2) is 4.79 Å². The number of carboxylic acids is 1. The molecule has 4 nitrogen and oxygen atoms in total. The molecule has 0 spiro atoms. The molecule has 2 N–H and O–H groups in total. The zero-order valence-corrected chi connectivity index (χ0v) is 13.3. The second kappa shape index (κ2) is 7.09. The van der Waals surface area contributed by atoms with Crippen molar-refractivity contribution >= 4 is 27.6 Å². The van der Waals surface area contributed by atoms with Gasteiger partial charge in [-0.2, -0.15) is 0 Å². The van der Waals surface area contributed by atoms with Gasteiger partial charge in [0.1, 0.15) is 0 Å². The summed E-state index contributed by atoms with van der Waals surface area (Å²) in [7, 11) is 2.18. The average molecular weight is 341 g/mol. The number of hydrogen-bond acceptors (Lipinski definition) is 3. The van der Waals surface area contributed by atoms with E-state index in [-0.39, 0.29) is 0 Å². The average Bonchev–Trinajstić information content (AvgIpc) is 2.94. The molecular weight excluding hydrogens is 320 g/mol. The van der Waals surface area contributed by atoms with E-state index in [9.17, 15) is 4.79 Å². The van der Waals surface area contributed by atoms with Gasteiger partial charge in [-0.3, -0.25) is 0 Å². The first-order valence-corrected chi connectivity index (χ1v) is 7.84. The third kappa shape index (κ3) is 3.96. The van der Waals surface area contributed by atoms with E-state index in [2.05, 4.69) is 33.2 Å². The predicted molar refractivity (Wildman–Crippen MR) is 84.5 cm³/mol. The zero-order chi connectivity index (χ0) is 14.5. The minimum absolute atomic E-state index is 0.297. The molecule has 0 unspecified atom stereocenters. The normalized spacial score (nSPS) is 15.8. The third-order valence-corrected chi connectivity index (χ3v) is 4.60. The van der Waals surface area contributed by atoms with Crippen molar-refractivity contribution in [3.05, 3.63) is 28.2 Å². The second-order valence-corrected chi connectivity index (χ2v) is 6.20. The number of nitrogens with one attached hydrogen (secondary N) is 1. The number of likely N-dealkylation sites (N-methyl/N-ethyl adjacent to an activating group) is 1. The fourth-order valence-electron chi connectivity index (χ4n) is 2.69. The molecule has 110 valence electrons. The molecule has 0 amide bonds. The van der Waals surface area contributed by atoms with Crippen LogP contribution in [0.4, 0.5) is 5.69 Å². The summed E-state index contributed by atoms with van der Waals surface area (Å²) in [6.45, 7) is 1.86. The molecule has 1 aliphatic carbocycles. The summed E-state index contributed by atoms with van der Waals surface area (Å²) < 4.78 is 0.793. The van der Waals surface area contributed by atoms with Crippen LogP contribution in [-0.4, -0.2) is 42.2 Å². The Kier molecular flexibility index (Phi) is 5.43. The Hall–Kier alpha value is -1.07. The van der Waals surface area contributed by atoms with Gasteiger partial charge in [0.15, 0.2) is 0 Å². The van der Waals surface area contributed by atoms with E-state index in [1.807, 2.05) is 6.07 Å². The number of nitrogens with zero attached hydrogens (tertiary/aromatic N) is 1. The number of carbonyl (C=O) groups is 1. The van der Waals surface area contributed by atoms with E-state index in [0.717, 1.165) is 29.3 Å². The molecule has 0 heterocycles. The molecule has 0 atom stereocenters. The molecule has 0 aliphatic heterocycles. The Labute approximate surface area is 128 Å². The molecule has 0 radical (unpaired) electrons. The van der Waals surface area contributed by atoms with Crippen molar-refractivity contribution in [1.29, 1.82) is 0 Å². The van der Waals surface area contributed by atoms with Gasteiger partial charge in [-0.1, -0.05) is 12.8 Å². The molecule has 1 aromatic carbocycles. The fourth-order valence-corrected chi connectivity index (χ4v) is 3.21. The van der Waals surface area contributed by atoms with E-state index in [4.69, 9.17) is 5.11 Å². The van der Waals surface area contributed by atoms with Crippen LogP contribution in [0.2, 0.25) is 0 Å². The van der Waals surface area contributed by atoms with Crippen molar-refractivity contribution in [2.24, 2.45) is 0 Å². The van der Waals surface area contributed by atoms with Crippen molar-refractivity contribution in [3.63, 3.8) is 0 Å². The molecule has 1 fully saturated rings. The van der Waals surface area contributed by atoms with Crippen LogP contribution in [0.1, 0.15) is 36.0 Å². The van der Waals surface area contributed by atoms with Gasteiger partial charge in [0.2, 0.25) is 0 Å². The highest BCUT2D eigenvalue weighted by Crippen LogP contribution is 2.24. The van der Waals surface area contributed by atoms with Gasteiger partial charge in [-0.15, -0.1) is 0 Å². The van der Waals surface area contributed by atoms with E-state index in [1.165, 1.54) is 25.7 Å². The van der Waals surface area contributed by atoms with Crippen LogP contribution < -0.4 is 5.32 Å². The van der Waals surface area contributed by atoms with Crippen LogP contribution in [0.15, 0.2) is 22.7 Å². The molecule has 0 aromatic heterocycles. The molecule has 0 bridgehead atoms. The Morgan fingerprint density at radius 2 is 2.15 bits per heavy atom. The maximum Gasteiger partial charge on any atom is 0.335 e. The molecule has 5 heteroatoms. The molecule has 1 aromatic rings. The van der Waals surface area contributed by atoms with Gasteiger partial charge in [0, 0.05) is 29.3 Å². The predicted octanol–water partition coefficient (Wildman–Crippen LogP) is 3.43. The minimum atomic E-state index is -0.904. The van der Waals surface area contributed by atoms with Gasteiger partial charge in [0.25, 0.3) is 0 Å². The zero-order valence-electron chi connectivity index (χ0n) is 11.7. The lowest BCUT2D eigenvalue weighted by Crippen LogP contribution is -2.33. The number of benzene rings is 1. The molecule has 1 aliphatic rings. The largest absolute Gasteiger partial charge is 0.478 e. The van der Waals surface area contributed by atoms with Crippen molar-refractivity contribution in [2.75, 3.05) is 25.5 Å². The summed E-state index contributed by atoms with van der Waals surface area (Å²) in [6.07, 6.45) is 5.33. The Bertz CT molecular complexity index is 473. The summed E-state index contributed by atoms with van der Waals surface area (Å²) >= 11 is 3.41. The molecule has 2 rings (SSSR count). The van der Waals surface area contributed by atoms with Gasteiger partial charge in [0.05, 0.1) is 5.56 Å². The second-order valence-electron chi connectivity index (χ2n) is 5.35. The molecular formula is C15H21BrN2O2. The summed E-state index contributed by atoms with van der Waals surface area (Å²) in [5.41, 5.74) is 1.24. The fraction of sp³-hybridized carbons (Fsp3) is 0.533. The van der Waals surface area contributed by atoms with E-state index < -0.39 is 5.97 Å².